The first-order valence-electron chi connectivity index (χ1n) is 11.1. The molecule has 0 bridgehead atoms. The SMILES string of the molecule is CCNC(=NCc1ccc(N2CCOC(C)C2)nc1)N1CCC(C(=O)OCC)CC1.I. The lowest BCUT2D eigenvalue weighted by Crippen LogP contribution is -2.46. The summed E-state index contributed by atoms with van der Waals surface area (Å²) in [5.41, 5.74) is 1.08. The summed E-state index contributed by atoms with van der Waals surface area (Å²) in [6.07, 6.45) is 3.75. The summed E-state index contributed by atoms with van der Waals surface area (Å²) >= 11 is 0. The molecule has 2 aliphatic rings. The number of pyridine rings is 1. The molecule has 1 unspecified atom stereocenters. The highest BCUT2D eigenvalue weighted by Crippen LogP contribution is 2.19. The topological polar surface area (TPSA) is 79.3 Å². The smallest absolute Gasteiger partial charge is 0.309 e. The first-order chi connectivity index (χ1) is 14.6. The van der Waals surface area contributed by atoms with Crippen LogP contribution in [-0.2, 0) is 20.8 Å². The molecule has 1 aromatic heterocycles. The number of anilines is 1. The van der Waals surface area contributed by atoms with Crippen molar-refractivity contribution in [2.75, 3.05) is 50.8 Å². The number of piperidine rings is 1. The lowest BCUT2D eigenvalue weighted by atomic mass is 9.97. The van der Waals surface area contributed by atoms with Crippen molar-refractivity contribution in [3.05, 3.63) is 23.9 Å². The van der Waals surface area contributed by atoms with Crippen LogP contribution in [0.4, 0.5) is 5.82 Å². The molecule has 174 valence electrons. The molecule has 0 spiro atoms. The van der Waals surface area contributed by atoms with Gasteiger partial charge < -0.3 is 24.6 Å². The maximum Gasteiger partial charge on any atom is 0.309 e. The zero-order valence-corrected chi connectivity index (χ0v) is 21.2. The number of likely N-dealkylation sites (tertiary alicyclic amines) is 1. The molecule has 3 rings (SSSR count). The molecule has 1 aromatic rings. The van der Waals surface area contributed by atoms with Gasteiger partial charge in [-0.2, -0.15) is 0 Å². The van der Waals surface area contributed by atoms with Gasteiger partial charge in [0.05, 0.1) is 31.8 Å². The van der Waals surface area contributed by atoms with Gasteiger partial charge in [0.1, 0.15) is 5.82 Å². The van der Waals surface area contributed by atoms with Gasteiger partial charge in [-0.1, -0.05) is 6.07 Å². The van der Waals surface area contributed by atoms with E-state index in [9.17, 15) is 4.79 Å². The molecule has 8 nitrogen and oxygen atoms in total. The minimum absolute atomic E-state index is 0. The van der Waals surface area contributed by atoms with Gasteiger partial charge in [0.2, 0.25) is 0 Å². The van der Waals surface area contributed by atoms with Gasteiger partial charge in [0.15, 0.2) is 5.96 Å². The summed E-state index contributed by atoms with van der Waals surface area (Å²) in [5.74, 6) is 1.82. The van der Waals surface area contributed by atoms with Crippen LogP contribution >= 0.6 is 24.0 Å². The summed E-state index contributed by atoms with van der Waals surface area (Å²) in [6.45, 7) is 11.9. The van der Waals surface area contributed by atoms with Crippen molar-refractivity contribution in [3.63, 3.8) is 0 Å². The highest BCUT2D eigenvalue weighted by atomic mass is 127. The molecule has 1 atom stereocenters. The van der Waals surface area contributed by atoms with Gasteiger partial charge in [-0.25, -0.2) is 9.98 Å². The molecule has 0 aliphatic carbocycles. The lowest BCUT2D eigenvalue weighted by molar-refractivity contribution is -0.149. The molecule has 2 saturated heterocycles. The van der Waals surface area contributed by atoms with E-state index in [2.05, 4.69) is 46.1 Å². The Hall–Kier alpha value is -1.62. The van der Waals surface area contributed by atoms with E-state index in [-0.39, 0.29) is 42.0 Å². The van der Waals surface area contributed by atoms with Crippen LogP contribution in [0.2, 0.25) is 0 Å². The second-order valence-corrected chi connectivity index (χ2v) is 7.84. The van der Waals surface area contributed by atoms with Gasteiger partial charge in [-0.05, 0) is 45.2 Å². The molecule has 9 heteroatoms. The van der Waals surface area contributed by atoms with Gasteiger partial charge in [-0.15, -0.1) is 24.0 Å². The third-order valence-corrected chi connectivity index (χ3v) is 5.53. The van der Waals surface area contributed by atoms with Gasteiger partial charge >= 0.3 is 5.97 Å². The predicted octanol–water partition coefficient (Wildman–Crippen LogP) is 2.67. The van der Waals surface area contributed by atoms with E-state index in [1.165, 1.54) is 0 Å². The van der Waals surface area contributed by atoms with Crippen LogP contribution in [0, 0.1) is 5.92 Å². The van der Waals surface area contributed by atoms with Gasteiger partial charge in [-0.3, -0.25) is 4.79 Å². The second-order valence-electron chi connectivity index (χ2n) is 7.84. The summed E-state index contributed by atoms with van der Waals surface area (Å²) in [5, 5.41) is 3.38. The zero-order valence-electron chi connectivity index (χ0n) is 18.9. The van der Waals surface area contributed by atoms with E-state index >= 15 is 0 Å². The standard InChI is InChI=1S/C22H35N5O3.HI/c1-4-23-22(26-10-8-19(9-11-26)21(28)29-5-2)25-15-18-6-7-20(24-14-18)27-12-13-30-17(3)16-27;/h6-7,14,17,19H,4-5,8-13,15-16H2,1-3H3,(H,23,25);1H. The number of hydrogen-bond acceptors (Lipinski definition) is 6. The minimum atomic E-state index is -0.0695. The van der Waals surface area contributed by atoms with Crippen molar-refractivity contribution < 1.29 is 14.3 Å². The third-order valence-electron chi connectivity index (χ3n) is 5.53. The largest absolute Gasteiger partial charge is 0.466 e. The maximum atomic E-state index is 12.0. The molecule has 3 heterocycles. The van der Waals surface area contributed by atoms with Crippen LogP contribution in [0.15, 0.2) is 23.3 Å². The molecule has 2 fully saturated rings. The molecule has 1 N–H and O–H groups in total. The molecule has 31 heavy (non-hydrogen) atoms. The summed E-state index contributed by atoms with van der Waals surface area (Å²) < 4.78 is 10.8. The lowest BCUT2D eigenvalue weighted by Gasteiger charge is -2.33. The Morgan fingerprint density at radius 1 is 1.29 bits per heavy atom. The molecule has 2 aliphatic heterocycles. The van der Waals surface area contributed by atoms with E-state index in [1.807, 2.05) is 13.1 Å². The predicted molar refractivity (Wildman–Crippen MR) is 133 cm³/mol. The number of carbonyl (C=O) groups is 1. The summed E-state index contributed by atoms with van der Waals surface area (Å²) in [7, 11) is 0. The second kappa shape index (κ2) is 13.0. The van der Waals surface area contributed by atoms with Crippen LogP contribution in [-0.4, -0.2) is 73.9 Å². The number of aromatic nitrogens is 1. The Labute approximate surface area is 202 Å². The molecule has 0 radical (unpaired) electrons. The number of ether oxygens (including phenoxy) is 2. The highest BCUT2D eigenvalue weighted by Gasteiger charge is 2.27. The number of rotatable bonds is 6. The Kier molecular flexibility index (Phi) is 10.8. The van der Waals surface area contributed by atoms with Crippen molar-refractivity contribution in [1.29, 1.82) is 0 Å². The fourth-order valence-corrected chi connectivity index (χ4v) is 3.90. The Morgan fingerprint density at radius 2 is 2.06 bits per heavy atom. The van der Waals surface area contributed by atoms with Crippen molar-refractivity contribution >= 4 is 41.7 Å². The average molecular weight is 545 g/mol. The van der Waals surface area contributed by atoms with E-state index in [4.69, 9.17) is 14.5 Å². The molecule has 0 amide bonds. The van der Waals surface area contributed by atoms with Crippen LogP contribution in [0.3, 0.4) is 0 Å². The minimum Gasteiger partial charge on any atom is -0.466 e. The number of carbonyl (C=O) groups excluding carboxylic acids is 1. The van der Waals surface area contributed by atoms with E-state index in [0.717, 1.165) is 69.5 Å². The average Bonchev–Trinajstić information content (AvgIpc) is 2.77. The van der Waals surface area contributed by atoms with Crippen molar-refractivity contribution in [3.8, 4) is 0 Å². The Balaban J connectivity index is 0.00000341. The first-order valence-corrected chi connectivity index (χ1v) is 11.1. The van der Waals surface area contributed by atoms with Crippen molar-refractivity contribution in [2.24, 2.45) is 10.9 Å². The number of aliphatic imine (C=N–C) groups is 1. The highest BCUT2D eigenvalue weighted by molar-refractivity contribution is 14.0. The molecule has 0 aromatic carbocycles. The number of halogens is 1. The van der Waals surface area contributed by atoms with Crippen LogP contribution in [0.1, 0.15) is 39.2 Å². The zero-order chi connectivity index (χ0) is 21.3. The Morgan fingerprint density at radius 3 is 2.68 bits per heavy atom. The number of hydrogen-bond donors (Lipinski definition) is 1. The fraction of sp³-hybridized carbons (Fsp3) is 0.682. The fourth-order valence-electron chi connectivity index (χ4n) is 3.90. The van der Waals surface area contributed by atoms with Crippen molar-refractivity contribution in [1.82, 2.24) is 15.2 Å². The van der Waals surface area contributed by atoms with Crippen LogP contribution in [0.5, 0.6) is 0 Å². The van der Waals surface area contributed by atoms with E-state index in [1.54, 1.807) is 0 Å². The summed E-state index contributed by atoms with van der Waals surface area (Å²) in [4.78, 5) is 25.9. The monoisotopic (exact) mass is 545 g/mol. The molecular weight excluding hydrogens is 509 g/mol. The number of nitrogens with one attached hydrogen (secondary N) is 1. The van der Waals surface area contributed by atoms with Gasteiger partial charge in [0, 0.05) is 38.9 Å². The number of nitrogens with zero attached hydrogens (tertiary/aromatic N) is 4. The van der Waals surface area contributed by atoms with E-state index < -0.39 is 0 Å². The molecular formula is C22H36IN5O3. The number of morpholine rings is 1. The normalized spacial score (nSPS) is 20.2. The summed E-state index contributed by atoms with van der Waals surface area (Å²) in [6, 6.07) is 4.17. The van der Waals surface area contributed by atoms with Crippen molar-refractivity contribution in [2.45, 2.75) is 46.3 Å². The Bertz CT molecular complexity index is 708. The van der Waals surface area contributed by atoms with Crippen LogP contribution in [0.25, 0.3) is 0 Å². The molecule has 0 saturated carbocycles. The maximum absolute atomic E-state index is 12.0. The first kappa shape index (κ1) is 25.6. The van der Waals surface area contributed by atoms with Gasteiger partial charge in [0.25, 0.3) is 0 Å². The number of guanidine groups is 1. The van der Waals surface area contributed by atoms with Crippen LogP contribution < -0.4 is 10.2 Å². The third kappa shape index (κ3) is 7.48. The quantitative estimate of drug-likeness (QED) is 0.255. The van der Waals surface area contributed by atoms with E-state index in [0.29, 0.717) is 13.2 Å². The number of esters is 1.